The molecule has 0 saturated heterocycles. The first-order valence-electron chi connectivity index (χ1n) is 8.29. The highest BCUT2D eigenvalue weighted by atomic mass is 35.5. The number of hydrazone groups is 1. The molecule has 0 atom stereocenters. The van der Waals surface area contributed by atoms with Crippen LogP contribution >= 0.6 is 11.6 Å². The van der Waals surface area contributed by atoms with Crippen LogP contribution in [0.15, 0.2) is 53.6 Å². The average Bonchev–Trinajstić information content (AvgIpc) is 2.68. The highest BCUT2D eigenvalue weighted by Crippen LogP contribution is 2.23. The summed E-state index contributed by atoms with van der Waals surface area (Å²) in [7, 11) is 0. The van der Waals surface area contributed by atoms with E-state index in [9.17, 15) is 14.9 Å². The number of amides is 1. The lowest BCUT2D eigenvalue weighted by molar-refractivity contribution is -0.384. The first kappa shape index (κ1) is 19.2. The molecule has 3 rings (SSSR count). The van der Waals surface area contributed by atoms with Crippen molar-refractivity contribution >= 4 is 40.3 Å². The molecule has 1 heterocycles. The van der Waals surface area contributed by atoms with E-state index in [1.165, 1.54) is 30.5 Å². The molecule has 0 aliphatic carbocycles. The van der Waals surface area contributed by atoms with Gasteiger partial charge < -0.3 is 4.74 Å². The number of nitro groups is 1. The maximum Gasteiger partial charge on any atom is 0.271 e. The molecule has 2 aromatic carbocycles. The van der Waals surface area contributed by atoms with Gasteiger partial charge in [-0.05, 0) is 37.3 Å². The van der Waals surface area contributed by atoms with Gasteiger partial charge in [-0.25, -0.2) is 10.4 Å². The van der Waals surface area contributed by atoms with Crippen molar-refractivity contribution in [2.45, 2.75) is 6.92 Å². The van der Waals surface area contributed by atoms with Crippen LogP contribution in [-0.4, -0.2) is 28.6 Å². The van der Waals surface area contributed by atoms with Gasteiger partial charge in [0.05, 0.1) is 23.3 Å². The molecule has 142 valence electrons. The van der Waals surface area contributed by atoms with E-state index in [4.69, 9.17) is 16.3 Å². The number of nitrogens with one attached hydrogen (secondary N) is 1. The molecule has 1 amide bonds. The molecule has 0 spiro atoms. The molecule has 0 saturated carbocycles. The summed E-state index contributed by atoms with van der Waals surface area (Å²) in [5, 5.41) is 15.6. The van der Waals surface area contributed by atoms with Crippen molar-refractivity contribution in [1.82, 2.24) is 10.4 Å². The monoisotopic (exact) mass is 398 g/mol. The fraction of sp³-hybridized carbons (Fsp3) is 0.105. The molecule has 1 aromatic heterocycles. The Hall–Kier alpha value is -3.52. The number of nitrogens with zero attached hydrogens (tertiary/aromatic N) is 3. The number of hydrogen-bond donors (Lipinski definition) is 1. The topological polar surface area (TPSA) is 107 Å². The van der Waals surface area contributed by atoms with Gasteiger partial charge in [0.1, 0.15) is 10.9 Å². The Labute approximate surface area is 164 Å². The Morgan fingerprint density at radius 2 is 2.04 bits per heavy atom. The number of ether oxygens (including phenoxy) is 1. The van der Waals surface area contributed by atoms with Gasteiger partial charge in [0.2, 0.25) is 0 Å². The normalized spacial score (nSPS) is 10.9. The van der Waals surface area contributed by atoms with Gasteiger partial charge in [-0.2, -0.15) is 5.10 Å². The van der Waals surface area contributed by atoms with Crippen molar-refractivity contribution in [2.75, 3.05) is 6.61 Å². The van der Waals surface area contributed by atoms with Gasteiger partial charge in [-0.3, -0.25) is 14.9 Å². The first-order valence-corrected chi connectivity index (χ1v) is 8.66. The third-order valence-corrected chi connectivity index (χ3v) is 4.09. The van der Waals surface area contributed by atoms with E-state index in [1.54, 1.807) is 12.1 Å². The molecular weight excluding hydrogens is 384 g/mol. The number of non-ortho nitro benzene ring substituents is 1. The minimum absolute atomic E-state index is 0.0958. The van der Waals surface area contributed by atoms with Crippen LogP contribution in [0, 0.1) is 10.1 Å². The van der Waals surface area contributed by atoms with Crippen LogP contribution in [0.2, 0.25) is 5.15 Å². The Kier molecular flexibility index (Phi) is 5.81. The summed E-state index contributed by atoms with van der Waals surface area (Å²) in [6.07, 6.45) is 1.38. The summed E-state index contributed by atoms with van der Waals surface area (Å²) in [6.45, 7) is 2.45. The van der Waals surface area contributed by atoms with E-state index < -0.39 is 10.8 Å². The minimum atomic E-state index is -0.536. The van der Waals surface area contributed by atoms with Gasteiger partial charge in [0.15, 0.2) is 0 Å². The molecule has 8 nitrogen and oxygen atoms in total. The third-order valence-electron chi connectivity index (χ3n) is 3.79. The van der Waals surface area contributed by atoms with Crippen LogP contribution in [0.1, 0.15) is 22.8 Å². The highest BCUT2D eigenvalue weighted by Gasteiger charge is 2.09. The predicted octanol–water partition coefficient (Wildman–Crippen LogP) is 3.96. The number of carbonyl (C=O) groups is 1. The van der Waals surface area contributed by atoms with Crippen LogP contribution < -0.4 is 10.2 Å². The van der Waals surface area contributed by atoms with Crippen LogP contribution in [0.3, 0.4) is 0 Å². The summed E-state index contributed by atoms with van der Waals surface area (Å²) in [4.78, 5) is 26.5. The molecule has 1 N–H and O–H groups in total. The van der Waals surface area contributed by atoms with Gasteiger partial charge in [-0.15, -0.1) is 0 Å². The highest BCUT2D eigenvalue weighted by molar-refractivity contribution is 6.32. The van der Waals surface area contributed by atoms with Gasteiger partial charge >= 0.3 is 0 Å². The Morgan fingerprint density at radius 3 is 2.71 bits per heavy atom. The molecule has 0 bridgehead atoms. The van der Waals surface area contributed by atoms with Crippen molar-refractivity contribution in [3.63, 3.8) is 0 Å². The van der Waals surface area contributed by atoms with E-state index in [0.29, 0.717) is 23.4 Å². The molecule has 0 unspecified atom stereocenters. The zero-order chi connectivity index (χ0) is 20.1. The molecule has 0 fully saturated rings. The van der Waals surface area contributed by atoms with Crippen LogP contribution in [0.4, 0.5) is 5.69 Å². The Balaban J connectivity index is 1.73. The summed E-state index contributed by atoms with van der Waals surface area (Å²) in [5.41, 5.74) is 3.71. The average molecular weight is 399 g/mol. The number of rotatable bonds is 6. The van der Waals surface area contributed by atoms with Crippen molar-refractivity contribution in [3.8, 4) is 5.75 Å². The molecule has 0 radical (unpaired) electrons. The van der Waals surface area contributed by atoms with E-state index in [-0.39, 0.29) is 16.4 Å². The van der Waals surface area contributed by atoms with Gasteiger partial charge in [0, 0.05) is 34.7 Å². The van der Waals surface area contributed by atoms with Crippen molar-refractivity contribution in [1.29, 1.82) is 0 Å². The summed E-state index contributed by atoms with van der Waals surface area (Å²) >= 11 is 6.19. The standard InChI is InChI=1S/C19H15ClN4O4/c1-2-28-16-8-5-13-9-14(18(20)22-17(13)10-16)11-21-23-19(25)12-3-6-15(7-4-12)24(26)27/h3-11H,2H2,1H3,(H,23,25)/b21-11+. The number of carbonyl (C=O) groups excluding carboxylic acids is 1. The fourth-order valence-electron chi connectivity index (χ4n) is 2.45. The van der Waals surface area contributed by atoms with E-state index in [0.717, 1.165) is 5.39 Å². The van der Waals surface area contributed by atoms with E-state index in [1.807, 2.05) is 19.1 Å². The van der Waals surface area contributed by atoms with Crippen molar-refractivity contribution in [3.05, 3.63) is 74.9 Å². The quantitative estimate of drug-likeness (QED) is 0.292. The maximum absolute atomic E-state index is 12.1. The molecule has 28 heavy (non-hydrogen) atoms. The zero-order valence-electron chi connectivity index (χ0n) is 14.8. The van der Waals surface area contributed by atoms with Gasteiger partial charge in [0.25, 0.3) is 11.6 Å². The number of nitro benzene ring substituents is 1. The summed E-state index contributed by atoms with van der Waals surface area (Å²) in [6, 6.07) is 12.5. The summed E-state index contributed by atoms with van der Waals surface area (Å²) in [5.74, 6) is 0.202. The molecule has 3 aromatic rings. The minimum Gasteiger partial charge on any atom is -0.494 e. The third kappa shape index (κ3) is 4.41. The second-order valence-electron chi connectivity index (χ2n) is 5.66. The zero-order valence-corrected chi connectivity index (χ0v) is 15.5. The van der Waals surface area contributed by atoms with Crippen LogP contribution in [0.5, 0.6) is 5.75 Å². The number of halogens is 1. The molecule has 9 heteroatoms. The lowest BCUT2D eigenvalue weighted by Gasteiger charge is -2.06. The number of pyridine rings is 1. The van der Waals surface area contributed by atoms with Crippen LogP contribution in [-0.2, 0) is 0 Å². The number of hydrogen-bond acceptors (Lipinski definition) is 6. The molecular formula is C19H15ClN4O4. The largest absolute Gasteiger partial charge is 0.494 e. The lowest BCUT2D eigenvalue weighted by atomic mass is 10.1. The molecule has 0 aliphatic rings. The second-order valence-corrected chi connectivity index (χ2v) is 6.02. The lowest BCUT2D eigenvalue weighted by Crippen LogP contribution is -2.17. The first-order chi connectivity index (χ1) is 13.5. The number of benzene rings is 2. The van der Waals surface area contributed by atoms with Gasteiger partial charge in [-0.1, -0.05) is 11.6 Å². The fourth-order valence-corrected chi connectivity index (χ4v) is 2.64. The summed E-state index contributed by atoms with van der Waals surface area (Å²) < 4.78 is 5.44. The Bertz CT molecular complexity index is 1070. The van der Waals surface area contributed by atoms with Crippen molar-refractivity contribution in [2.24, 2.45) is 5.10 Å². The molecule has 0 aliphatic heterocycles. The SMILES string of the molecule is CCOc1ccc2cc(/C=N/NC(=O)c3ccc([N+](=O)[O-])cc3)c(Cl)nc2c1. The van der Waals surface area contributed by atoms with Crippen LogP contribution in [0.25, 0.3) is 10.9 Å². The second kappa shape index (κ2) is 8.45. The number of aromatic nitrogens is 1. The maximum atomic E-state index is 12.1. The van der Waals surface area contributed by atoms with E-state index in [2.05, 4.69) is 15.5 Å². The smallest absolute Gasteiger partial charge is 0.271 e. The Morgan fingerprint density at radius 1 is 1.29 bits per heavy atom. The van der Waals surface area contributed by atoms with Crippen molar-refractivity contribution < 1.29 is 14.5 Å². The van der Waals surface area contributed by atoms with E-state index >= 15 is 0 Å². The predicted molar refractivity (Wildman–Crippen MR) is 106 cm³/mol. The number of fused-ring (bicyclic) bond motifs is 1.